The first-order valence-corrected chi connectivity index (χ1v) is 9.48. The summed E-state index contributed by atoms with van der Waals surface area (Å²) in [6.07, 6.45) is 0.296. The van der Waals surface area contributed by atoms with E-state index in [9.17, 15) is 14.2 Å². The van der Waals surface area contributed by atoms with Gasteiger partial charge in [0, 0.05) is 12.3 Å². The van der Waals surface area contributed by atoms with Crippen molar-refractivity contribution >= 4 is 30.8 Å². The number of carbonyl (C=O) groups excluding carboxylic acids is 1. The van der Waals surface area contributed by atoms with Gasteiger partial charge in [-0.3, -0.25) is 29.0 Å². The number of ether oxygens (including phenoxy) is 1. The average Bonchev–Trinajstić information content (AvgIpc) is 3.12. The predicted molar refractivity (Wildman–Crippen MR) is 90.1 cm³/mol. The van der Waals surface area contributed by atoms with Crippen LogP contribution in [0.15, 0.2) is 11.1 Å². The summed E-state index contributed by atoms with van der Waals surface area (Å²) < 4.78 is 23.0. The van der Waals surface area contributed by atoms with Crippen LogP contribution in [0, 0.1) is 5.92 Å². The molecule has 12 nitrogen and oxygen atoms in total. The molecule has 1 aliphatic rings. The number of imidazole rings is 1. The molecule has 3 unspecified atom stereocenters. The standard InChI is InChI=1S/C13H19N6O6P/c1-6(2)11(20)17-13-16-10-9(12(21)18-13)15-5-19(10)8-3-7(4-24-8)25-26(14,22)23/h5-8H,3-4H2,1-2H3,(H3,14,22,23)(H2,16,17,18,20,21). The fourth-order valence-corrected chi connectivity index (χ4v) is 3.09. The second kappa shape index (κ2) is 6.89. The summed E-state index contributed by atoms with van der Waals surface area (Å²) in [5.41, 5.74) is 4.77. The number of nitrogens with zero attached hydrogens (tertiary/aromatic N) is 3. The predicted octanol–water partition coefficient (Wildman–Crippen LogP) is 0.0773. The van der Waals surface area contributed by atoms with Crippen molar-refractivity contribution in [2.24, 2.45) is 11.4 Å². The molecular formula is C13H19N6O6P. The molecule has 3 rings (SSSR count). The molecule has 0 radical (unpaired) electrons. The smallest absolute Gasteiger partial charge is 0.355 e. The van der Waals surface area contributed by atoms with E-state index in [0.717, 1.165) is 0 Å². The largest absolute Gasteiger partial charge is 0.400 e. The lowest BCUT2D eigenvalue weighted by Gasteiger charge is -2.13. The molecule has 142 valence electrons. The number of aromatic nitrogens is 4. The zero-order valence-electron chi connectivity index (χ0n) is 14.1. The first kappa shape index (κ1) is 18.7. The maximum atomic E-state index is 12.2. The van der Waals surface area contributed by atoms with Crippen molar-refractivity contribution in [3.8, 4) is 0 Å². The summed E-state index contributed by atoms with van der Waals surface area (Å²) in [6.45, 7) is 3.46. The van der Waals surface area contributed by atoms with Crippen LogP contribution in [-0.4, -0.2) is 43.0 Å². The molecular weight excluding hydrogens is 367 g/mol. The lowest BCUT2D eigenvalue weighted by Crippen LogP contribution is -2.22. The average molecular weight is 386 g/mol. The van der Waals surface area contributed by atoms with Crippen LogP contribution in [0.1, 0.15) is 26.5 Å². The van der Waals surface area contributed by atoms with Gasteiger partial charge in [-0.15, -0.1) is 0 Å². The first-order chi connectivity index (χ1) is 12.1. The number of fused-ring (bicyclic) bond motifs is 1. The van der Waals surface area contributed by atoms with Gasteiger partial charge < -0.3 is 9.63 Å². The van der Waals surface area contributed by atoms with Gasteiger partial charge in [-0.2, -0.15) is 4.98 Å². The minimum absolute atomic E-state index is 0.00411. The number of carbonyl (C=O) groups is 1. The van der Waals surface area contributed by atoms with Crippen molar-refractivity contribution in [3.05, 3.63) is 16.7 Å². The Bertz CT molecular complexity index is 933. The van der Waals surface area contributed by atoms with Gasteiger partial charge in [-0.05, 0) is 0 Å². The molecule has 0 bridgehead atoms. The summed E-state index contributed by atoms with van der Waals surface area (Å²) >= 11 is 0. The van der Waals surface area contributed by atoms with E-state index in [1.807, 2.05) is 0 Å². The van der Waals surface area contributed by atoms with Crippen LogP contribution in [-0.2, 0) is 18.6 Å². The number of aromatic amines is 1. The molecule has 1 fully saturated rings. The van der Waals surface area contributed by atoms with Gasteiger partial charge in [-0.25, -0.2) is 15.1 Å². The van der Waals surface area contributed by atoms with Crippen LogP contribution in [0.4, 0.5) is 5.95 Å². The van der Waals surface area contributed by atoms with Gasteiger partial charge in [0.2, 0.25) is 11.9 Å². The Morgan fingerprint density at radius 2 is 2.35 bits per heavy atom. The molecule has 2 aromatic rings. The highest BCUT2D eigenvalue weighted by atomic mass is 31.2. The van der Waals surface area contributed by atoms with Gasteiger partial charge in [0.25, 0.3) is 5.56 Å². The van der Waals surface area contributed by atoms with E-state index in [1.165, 1.54) is 10.9 Å². The summed E-state index contributed by atoms with van der Waals surface area (Å²) in [5.74, 6) is -0.594. The van der Waals surface area contributed by atoms with Crippen molar-refractivity contribution in [2.75, 3.05) is 11.9 Å². The monoisotopic (exact) mass is 386 g/mol. The van der Waals surface area contributed by atoms with Crippen molar-refractivity contribution in [1.82, 2.24) is 19.5 Å². The van der Waals surface area contributed by atoms with Crippen LogP contribution in [0.2, 0.25) is 0 Å². The molecule has 0 saturated carbocycles. The first-order valence-electron chi connectivity index (χ1n) is 7.83. The zero-order chi connectivity index (χ0) is 19.1. The molecule has 0 aliphatic carbocycles. The highest BCUT2D eigenvalue weighted by Crippen LogP contribution is 2.38. The Morgan fingerprint density at radius 1 is 1.62 bits per heavy atom. The molecule has 0 aromatic carbocycles. The molecule has 3 atom stereocenters. The molecule has 5 N–H and O–H groups in total. The number of hydrogen-bond donors (Lipinski definition) is 4. The molecule has 1 amide bonds. The molecule has 1 saturated heterocycles. The maximum Gasteiger partial charge on any atom is 0.400 e. The van der Waals surface area contributed by atoms with E-state index in [4.69, 9.17) is 19.7 Å². The van der Waals surface area contributed by atoms with Gasteiger partial charge >= 0.3 is 7.75 Å². The number of hydrogen-bond acceptors (Lipinski definition) is 7. The van der Waals surface area contributed by atoms with Crippen LogP contribution in [0.5, 0.6) is 0 Å². The van der Waals surface area contributed by atoms with E-state index in [2.05, 4.69) is 20.3 Å². The van der Waals surface area contributed by atoms with Crippen LogP contribution < -0.4 is 16.4 Å². The highest BCUT2D eigenvalue weighted by Gasteiger charge is 2.33. The van der Waals surface area contributed by atoms with Crippen LogP contribution in [0.25, 0.3) is 11.2 Å². The van der Waals surface area contributed by atoms with Gasteiger partial charge in [0.05, 0.1) is 19.0 Å². The zero-order valence-corrected chi connectivity index (χ0v) is 15.0. The van der Waals surface area contributed by atoms with Crippen LogP contribution in [0.3, 0.4) is 0 Å². The van der Waals surface area contributed by atoms with Crippen LogP contribution >= 0.6 is 7.75 Å². The SMILES string of the molecule is CC(C)C(=O)Nc1nc2c(ncn2C2CC(OP(N)(=O)O)CO2)c(=O)[nH]1. The van der Waals surface area contributed by atoms with Gasteiger partial charge in [0.1, 0.15) is 6.23 Å². The molecule has 2 aromatic heterocycles. The number of amides is 1. The fraction of sp³-hybridized carbons (Fsp3) is 0.538. The third kappa shape index (κ3) is 4.00. The third-order valence-corrected chi connectivity index (χ3v) is 4.35. The number of H-pyrrole nitrogens is 1. The summed E-state index contributed by atoms with van der Waals surface area (Å²) in [7, 11) is -4.13. The second-order valence-corrected chi connectivity index (χ2v) is 7.54. The fourth-order valence-electron chi connectivity index (χ4n) is 2.52. The van der Waals surface area contributed by atoms with Gasteiger partial charge in [0.15, 0.2) is 11.2 Å². The number of anilines is 1. The Kier molecular flexibility index (Phi) is 4.95. The molecule has 1 aliphatic heterocycles. The normalized spacial score (nSPS) is 22.7. The highest BCUT2D eigenvalue weighted by molar-refractivity contribution is 7.50. The Morgan fingerprint density at radius 3 is 3.00 bits per heavy atom. The Balaban J connectivity index is 1.88. The van der Waals surface area contributed by atoms with E-state index >= 15 is 0 Å². The number of nitrogens with two attached hydrogens (primary N) is 1. The van der Waals surface area contributed by atoms with Crippen molar-refractivity contribution < 1.29 is 23.5 Å². The van der Waals surface area contributed by atoms with Crippen molar-refractivity contribution in [2.45, 2.75) is 32.6 Å². The molecule has 26 heavy (non-hydrogen) atoms. The maximum absolute atomic E-state index is 12.2. The Hall–Kier alpha value is -2.11. The topological polar surface area (TPSA) is 174 Å². The number of nitrogens with one attached hydrogen (secondary N) is 2. The minimum Gasteiger partial charge on any atom is -0.355 e. The van der Waals surface area contributed by atoms with E-state index in [-0.39, 0.29) is 42.0 Å². The Labute approximate surface area is 147 Å². The summed E-state index contributed by atoms with van der Waals surface area (Å²) in [4.78, 5) is 43.8. The molecule has 13 heteroatoms. The van der Waals surface area contributed by atoms with E-state index < -0.39 is 25.6 Å². The number of rotatable bonds is 5. The van der Waals surface area contributed by atoms with Crippen molar-refractivity contribution in [3.63, 3.8) is 0 Å². The minimum atomic E-state index is -4.13. The third-order valence-electron chi connectivity index (χ3n) is 3.75. The van der Waals surface area contributed by atoms with E-state index in [1.54, 1.807) is 13.8 Å². The molecule has 0 spiro atoms. The molecule has 3 heterocycles. The summed E-state index contributed by atoms with van der Waals surface area (Å²) in [5, 5.41) is 2.52. The second-order valence-electron chi connectivity index (χ2n) is 6.20. The lowest BCUT2D eigenvalue weighted by molar-refractivity contribution is -0.118. The van der Waals surface area contributed by atoms with Crippen molar-refractivity contribution in [1.29, 1.82) is 0 Å². The quantitative estimate of drug-likeness (QED) is 0.518. The summed E-state index contributed by atoms with van der Waals surface area (Å²) in [6, 6.07) is 0. The van der Waals surface area contributed by atoms with E-state index in [0.29, 0.717) is 0 Å². The van der Waals surface area contributed by atoms with Gasteiger partial charge in [-0.1, -0.05) is 13.8 Å². The lowest BCUT2D eigenvalue weighted by atomic mass is 10.2.